The number of hydrogen-bond donors (Lipinski definition) is 1. The van der Waals surface area contributed by atoms with E-state index in [4.69, 9.17) is 0 Å². The summed E-state index contributed by atoms with van der Waals surface area (Å²) >= 11 is 0. The Bertz CT molecular complexity index is 469. The molecule has 1 N–H and O–H groups in total. The maximum absolute atomic E-state index is 12.3. The Morgan fingerprint density at radius 2 is 1.73 bits per heavy atom. The topological polar surface area (TPSA) is 98.5 Å². The number of carbonyl (C=O) groups is 2. The van der Waals surface area contributed by atoms with Gasteiger partial charge in [0.2, 0.25) is 0 Å². The summed E-state index contributed by atoms with van der Waals surface area (Å²) in [7, 11) is 0. The monoisotopic (exact) mass is 310 g/mol. The molecule has 7 heteroatoms. The van der Waals surface area contributed by atoms with E-state index in [1.165, 1.54) is 19.3 Å². The molecule has 0 aromatic heterocycles. The zero-order valence-electron chi connectivity index (χ0n) is 12.7. The number of hydrogen-bond acceptors (Lipinski definition) is 5. The van der Waals surface area contributed by atoms with Gasteiger partial charge in [0.1, 0.15) is 0 Å². The quantitative estimate of drug-likeness (QED) is 0.357. The van der Waals surface area contributed by atoms with Gasteiger partial charge in [-0.05, 0) is 63.2 Å². The predicted octanol–water partition coefficient (Wildman–Crippen LogP) is 1.28. The molecule has 4 aliphatic rings. The summed E-state index contributed by atoms with van der Waals surface area (Å²) in [6.45, 7) is 1.58. The molecule has 7 nitrogen and oxygen atoms in total. The van der Waals surface area contributed by atoms with Gasteiger partial charge in [-0.25, -0.2) is 4.79 Å². The average molecular weight is 310 g/mol. The number of nitrogens with one attached hydrogen (secondary N) is 1. The molecule has 4 aliphatic carbocycles. The summed E-state index contributed by atoms with van der Waals surface area (Å²) in [4.78, 5) is 34.3. The second-order valence-corrected chi connectivity index (χ2v) is 7.13. The number of esters is 1. The lowest BCUT2D eigenvalue weighted by Crippen LogP contribution is -2.62. The van der Waals surface area contributed by atoms with Gasteiger partial charge in [0.15, 0.2) is 0 Å². The lowest BCUT2D eigenvalue weighted by atomic mass is 9.53. The van der Waals surface area contributed by atoms with Crippen LogP contribution in [0.25, 0.3) is 0 Å². The van der Waals surface area contributed by atoms with Crippen molar-refractivity contribution in [1.29, 1.82) is 0 Å². The maximum Gasteiger partial charge on any atom is 0.392 e. The van der Waals surface area contributed by atoms with Crippen LogP contribution >= 0.6 is 0 Å². The fourth-order valence-corrected chi connectivity index (χ4v) is 5.10. The van der Waals surface area contributed by atoms with Crippen molar-refractivity contribution in [1.82, 2.24) is 5.32 Å². The van der Waals surface area contributed by atoms with Crippen LogP contribution in [0.4, 0.5) is 0 Å². The Labute approximate surface area is 128 Å². The highest BCUT2D eigenvalue weighted by molar-refractivity contribution is 6.00. The minimum Gasteiger partial charge on any atom is -0.460 e. The first-order valence-electron chi connectivity index (χ1n) is 8.04. The van der Waals surface area contributed by atoms with E-state index in [1.807, 2.05) is 0 Å². The third-order valence-corrected chi connectivity index (χ3v) is 5.40. The third kappa shape index (κ3) is 2.68. The standard InChI is InChI=1S/C15H22N2O5/c1-2-22-14(19)12(17(20)21)13(18)16-15-6-9-3-10(7-15)5-11(4-9)8-15/h9-12H,2-8H2,1H3,(H,16,18). The molecule has 0 saturated heterocycles. The highest BCUT2D eigenvalue weighted by Crippen LogP contribution is 2.55. The number of rotatable bonds is 5. The largest absolute Gasteiger partial charge is 0.460 e. The van der Waals surface area contributed by atoms with Gasteiger partial charge in [-0.15, -0.1) is 0 Å². The molecular formula is C15H22N2O5. The van der Waals surface area contributed by atoms with Gasteiger partial charge in [-0.1, -0.05) is 0 Å². The number of carbonyl (C=O) groups excluding carboxylic acids is 2. The van der Waals surface area contributed by atoms with Crippen LogP contribution < -0.4 is 5.32 Å². The Hall–Kier alpha value is -1.66. The van der Waals surface area contributed by atoms with Crippen LogP contribution in [-0.2, 0) is 14.3 Å². The molecule has 1 atom stereocenters. The van der Waals surface area contributed by atoms with Crippen molar-refractivity contribution < 1.29 is 19.2 Å². The fourth-order valence-electron chi connectivity index (χ4n) is 5.10. The first-order valence-corrected chi connectivity index (χ1v) is 8.04. The van der Waals surface area contributed by atoms with E-state index in [0.29, 0.717) is 17.8 Å². The van der Waals surface area contributed by atoms with Crippen molar-refractivity contribution in [3.63, 3.8) is 0 Å². The smallest absolute Gasteiger partial charge is 0.392 e. The van der Waals surface area contributed by atoms with Gasteiger partial charge in [-0.3, -0.25) is 14.9 Å². The first-order chi connectivity index (χ1) is 10.4. The molecular weight excluding hydrogens is 288 g/mol. The van der Waals surface area contributed by atoms with E-state index in [2.05, 4.69) is 10.1 Å². The Morgan fingerprint density at radius 3 is 2.14 bits per heavy atom. The van der Waals surface area contributed by atoms with Crippen LogP contribution in [0.3, 0.4) is 0 Å². The first kappa shape index (κ1) is 15.2. The van der Waals surface area contributed by atoms with Gasteiger partial charge >= 0.3 is 17.9 Å². The Kier molecular flexibility index (Phi) is 3.82. The van der Waals surface area contributed by atoms with Crippen molar-refractivity contribution in [2.45, 2.75) is 57.0 Å². The molecule has 0 aromatic rings. The lowest BCUT2D eigenvalue weighted by molar-refractivity contribution is -0.497. The molecule has 0 aliphatic heterocycles. The summed E-state index contributed by atoms with van der Waals surface area (Å²) in [5.41, 5.74) is -0.341. The van der Waals surface area contributed by atoms with Crippen LogP contribution in [0.15, 0.2) is 0 Å². The molecule has 4 saturated carbocycles. The lowest BCUT2D eigenvalue weighted by Gasteiger charge is -2.56. The summed E-state index contributed by atoms with van der Waals surface area (Å²) < 4.78 is 4.67. The molecule has 0 radical (unpaired) electrons. The molecule has 4 bridgehead atoms. The molecule has 22 heavy (non-hydrogen) atoms. The highest BCUT2D eigenvalue weighted by Gasteiger charge is 2.53. The van der Waals surface area contributed by atoms with E-state index in [0.717, 1.165) is 19.3 Å². The van der Waals surface area contributed by atoms with Crippen LogP contribution in [0, 0.1) is 27.9 Å². The van der Waals surface area contributed by atoms with Crippen molar-refractivity contribution >= 4 is 11.9 Å². The highest BCUT2D eigenvalue weighted by atomic mass is 16.6. The second-order valence-electron chi connectivity index (χ2n) is 7.13. The number of amides is 1. The molecule has 0 aromatic carbocycles. The maximum atomic E-state index is 12.3. The molecule has 1 amide bonds. The van der Waals surface area contributed by atoms with E-state index in [-0.39, 0.29) is 12.1 Å². The zero-order valence-corrected chi connectivity index (χ0v) is 12.7. The van der Waals surface area contributed by atoms with E-state index >= 15 is 0 Å². The van der Waals surface area contributed by atoms with Crippen LogP contribution in [-0.4, -0.2) is 35.0 Å². The summed E-state index contributed by atoms with van der Waals surface area (Å²) in [5, 5.41) is 14.0. The van der Waals surface area contributed by atoms with Crippen molar-refractivity contribution in [2.75, 3.05) is 6.61 Å². The Morgan fingerprint density at radius 1 is 1.23 bits per heavy atom. The number of ether oxygens (including phenoxy) is 1. The van der Waals surface area contributed by atoms with Crippen LogP contribution in [0.1, 0.15) is 45.4 Å². The molecule has 0 heterocycles. The van der Waals surface area contributed by atoms with E-state index in [9.17, 15) is 19.7 Å². The average Bonchev–Trinajstić information content (AvgIpc) is 2.35. The number of nitrogens with zero attached hydrogens (tertiary/aromatic N) is 1. The molecule has 1 unspecified atom stereocenters. The molecule has 4 rings (SSSR count). The van der Waals surface area contributed by atoms with Crippen molar-refractivity contribution in [3.8, 4) is 0 Å². The van der Waals surface area contributed by atoms with E-state index < -0.39 is 22.8 Å². The van der Waals surface area contributed by atoms with Gasteiger partial charge in [0.05, 0.1) is 6.61 Å². The Balaban J connectivity index is 1.72. The van der Waals surface area contributed by atoms with Crippen molar-refractivity contribution in [3.05, 3.63) is 10.1 Å². The fraction of sp³-hybridized carbons (Fsp3) is 0.867. The molecule has 122 valence electrons. The van der Waals surface area contributed by atoms with E-state index in [1.54, 1.807) is 6.92 Å². The van der Waals surface area contributed by atoms with Crippen LogP contribution in [0.5, 0.6) is 0 Å². The second kappa shape index (κ2) is 5.52. The predicted molar refractivity (Wildman–Crippen MR) is 76.5 cm³/mol. The normalized spacial score (nSPS) is 36.7. The minimum absolute atomic E-state index is 0.0216. The summed E-state index contributed by atoms with van der Waals surface area (Å²) in [6, 6.07) is -1.95. The van der Waals surface area contributed by atoms with Gasteiger partial charge in [0, 0.05) is 10.5 Å². The van der Waals surface area contributed by atoms with Gasteiger partial charge in [0.25, 0.3) is 0 Å². The van der Waals surface area contributed by atoms with Gasteiger partial charge in [-0.2, -0.15) is 0 Å². The van der Waals surface area contributed by atoms with Crippen LogP contribution in [0.2, 0.25) is 0 Å². The molecule has 0 spiro atoms. The minimum atomic E-state index is -1.95. The van der Waals surface area contributed by atoms with Crippen molar-refractivity contribution in [2.24, 2.45) is 17.8 Å². The zero-order chi connectivity index (χ0) is 15.9. The third-order valence-electron chi connectivity index (χ3n) is 5.40. The number of nitro groups is 1. The SMILES string of the molecule is CCOC(=O)C(C(=O)NC12CC3CC(CC(C3)C1)C2)[N+](=O)[O-]. The summed E-state index contributed by atoms with van der Waals surface area (Å²) in [5.74, 6) is -0.0465. The van der Waals surface area contributed by atoms with Gasteiger partial charge < -0.3 is 10.1 Å². The molecule has 4 fully saturated rings. The summed E-state index contributed by atoms with van der Waals surface area (Å²) in [6.07, 6.45) is 6.30.